The SMILES string of the molecule is O=C(Nc1ccc(F)c(C(F)(F)F)c1)c1ccc(Cl)nn1. The molecule has 2 rings (SSSR count). The summed E-state index contributed by atoms with van der Waals surface area (Å²) in [6, 6.07) is 4.67. The van der Waals surface area contributed by atoms with Crippen LogP contribution in [0.15, 0.2) is 30.3 Å². The Morgan fingerprint density at radius 1 is 1.14 bits per heavy atom. The largest absolute Gasteiger partial charge is 0.419 e. The first kappa shape index (κ1) is 15.2. The van der Waals surface area contributed by atoms with Gasteiger partial charge in [0, 0.05) is 5.69 Å². The van der Waals surface area contributed by atoms with Gasteiger partial charge in [-0.2, -0.15) is 13.2 Å². The van der Waals surface area contributed by atoms with Crippen LogP contribution >= 0.6 is 11.6 Å². The molecule has 0 atom stereocenters. The van der Waals surface area contributed by atoms with Crippen molar-refractivity contribution in [2.24, 2.45) is 0 Å². The van der Waals surface area contributed by atoms with Gasteiger partial charge in [0.25, 0.3) is 5.91 Å². The molecule has 1 aromatic carbocycles. The second-order valence-electron chi connectivity index (χ2n) is 3.89. The lowest BCUT2D eigenvalue weighted by atomic mass is 10.1. The summed E-state index contributed by atoms with van der Waals surface area (Å²) in [5.74, 6) is -2.22. The number of carbonyl (C=O) groups excluding carboxylic acids is 1. The van der Waals surface area contributed by atoms with Crippen LogP contribution in [0.5, 0.6) is 0 Å². The molecule has 0 aliphatic carbocycles. The van der Waals surface area contributed by atoms with E-state index in [9.17, 15) is 22.4 Å². The average molecular weight is 320 g/mol. The van der Waals surface area contributed by atoms with E-state index < -0.39 is 23.5 Å². The molecule has 0 unspecified atom stereocenters. The van der Waals surface area contributed by atoms with E-state index in [1.165, 1.54) is 12.1 Å². The molecule has 1 heterocycles. The fourth-order valence-corrected chi connectivity index (χ4v) is 1.55. The number of anilines is 1. The predicted molar refractivity (Wildman–Crippen MR) is 66.4 cm³/mol. The molecule has 0 spiro atoms. The Bertz CT molecular complexity index is 673. The normalized spacial score (nSPS) is 11.3. The van der Waals surface area contributed by atoms with Crippen molar-refractivity contribution in [3.8, 4) is 0 Å². The Hall–Kier alpha value is -2.22. The lowest BCUT2D eigenvalue weighted by Gasteiger charge is -2.10. The van der Waals surface area contributed by atoms with Crippen molar-refractivity contribution in [2.75, 3.05) is 5.32 Å². The summed E-state index contributed by atoms with van der Waals surface area (Å²) in [6.45, 7) is 0. The molecule has 1 aromatic heterocycles. The fraction of sp³-hybridized carbons (Fsp3) is 0.0833. The zero-order valence-electron chi connectivity index (χ0n) is 10.1. The minimum atomic E-state index is -4.86. The number of hydrogen-bond acceptors (Lipinski definition) is 3. The number of hydrogen-bond donors (Lipinski definition) is 1. The summed E-state index contributed by atoms with van der Waals surface area (Å²) in [4.78, 5) is 11.7. The van der Waals surface area contributed by atoms with Gasteiger partial charge in [0.05, 0.1) is 5.56 Å². The lowest BCUT2D eigenvalue weighted by Crippen LogP contribution is -2.15. The van der Waals surface area contributed by atoms with Crippen LogP contribution in [0.1, 0.15) is 16.1 Å². The topological polar surface area (TPSA) is 54.9 Å². The Labute approximate surface area is 120 Å². The van der Waals surface area contributed by atoms with E-state index in [0.717, 1.165) is 6.07 Å². The average Bonchev–Trinajstić information content (AvgIpc) is 2.40. The van der Waals surface area contributed by atoms with Crippen molar-refractivity contribution in [3.63, 3.8) is 0 Å². The van der Waals surface area contributed by atoms with Crippen LogP contribution in [-0.4, -0.2) is 16.1 Å². The maximum atomic E-state index is 13.1. The first-order chi connectivity index (χ1) is 9.77. The number of halogens is 5. The molecule has 0 fully saturated rings. The molecule has 0 radical (unpaired) electrons. The number of alkyl halides is 3. The third-order valence-corrected chi connectivity index (χ3v) is 2.60. The van der Waals surface area contributed by atoms with Gasteiger partial charge in [0.15, 0.2) is 10.8 Å². The predicted octanol–water partition coefficient (Wildman–Crippen LogP) is 3.54. The summed E-state index contributed by atoms with van der Waals surface area (Å²) in [5, 5.41) is 9.13. The maximum absolute atomic E-state index is 13.1. The van der Waals surface area contributed by atoms with Crippen LogP contribution in [0, 0.1) is 5.82 Å². The van der Waals surface area contributed by atoms with Gasteiger partial charge in [-0.3, -0.25) is 4.79 Å². The zero-order valence-corrected chi connectivity index (χ0v) is 10.8. The van der Waals surface area contributed by atoms with E-state index in [1.54, 1.807) is 0 Å². The molecule has 110 valence electrons. The van der Waals surface area contributed by atoms with Gasteiger partial charge < -0.3 is 5.32 Å². The zero-order chi connectivity index (χ0) is 15.6. The Kier molecular flexibility index (Phi) is 4.08. The van der Waals surface area contributed by atoms with Gasteiger partial charge in [-0.05, 0) is 30.3 Å². The summed E-state index contributed by atoms with van der Waals surface area (Å²) < 4.78 is 50.7. The minimum Gasteiger partial charge on any atom is -0.321 e. The highest BCUT2D eigenvalue weighted by molar-refractivity contribution is 6.29. The van der Waals surface area contributed by atoms with Crippen LogP contribution < -0.4 is 5.32 Å². The first-order valence-electron chi connectivity index (χ1n) is 5.44. The summed E-state index contributed by atoms with van der Waals surface area (Å²) in [6.07, 6.45) is -4.86. The molecule has 0 aliphatic rings. The highest BCUT2D eigenvalue weighted by Gasteiger charge is 2.34. The number of amides is 1. The molecular formula is C12H6ClF4N3O. The molecule has 1 N–H and O–H groups in total. The van der Waals surface area contributed by atoms with Crippen molar-refractivity contribution in [2.45, 2.75) is 6.18 Å². The summed E-state index contributed by atoms with van der Waals surface area (Å²) in [5.41, 5.74) is -1.83. The third-order valence-electron chi connectivity index (χ3n) is 2.39. The number of rotatable bonds is 2. The second-order valence-corrected chi connectivity index (χ2v) is 4.28. The molecule has 1 amide bonds. The van der Waals surface area contributed by atoms with E-state index in [-0.39, 0.29) is 16.5 Å². The van der Waals surface area contributed by atoms with Crippen LogP contribution in [0.2, 0.25) is 5.15 Å². The Morgan fingerprint density at radius 2 is 1.86 bits per heavy atom. The fourth-order valence-electron chi connectivity index (χ4n) is 1.45. The highest BCUT2D eigenvalue weighted by atomic mass is 35.5. The second kappa shape index (κ2) is 5.65. The van der Waals surface area contributed by atoms with Crippen molar-refractivity contribution in [3.05, 3.63) is 52.6 Å². The highest BCUT2D eigenvalue weighted by Crippen LogP contribution is 2.33. The molecule has 9 heteroatoms. The Balaban J connectivity index is 2.24. The van der Waals surface area contributed by atoms with Crippen LogP contribution in [0.4, 0.5) is 23.2 Å². The molecule has 2 aromatic rings. The maximum Gasteiger partial charge on any atom is 0.419 e. The molecule has 0 saturated heterocycles. The van der Waals surface area contributed by atoms with E-state index in [4.69, 9.17) is 11.6 Å². The Morgan fingerprint density at radius 3 is 2.43 bits per heavy atom. The number of aromatic nitrogens is 2. The lowest BCUT2D eigenvalue weighted by molar-refractivity contribution is -0.139. The van der Waals surface area contributed by atoms with E-state index >= 15 is 0 Å². The molecule has 4 nitrogen and oxygen atoms in total. The quantitative estimate of drug-likeness (QED) is 0.861. The summed E-state index contributed by atoms with van der Waals surface area (Å²) >= 11 is 5.49. The van der Waals surface area contributed by atoms with Gasteiger partial charge >= 0.3 is 6.18 Å². The minimum absolute atomic E-state index is 0.0627. The van der Waals surface area contributed by atoms with Gasteiger partial charge in [0.2, 0.25) is 0 Å². The number of nitrogens with zero attached hydrogens (tertiary/aromatic N) is 2. The van der Waals surface area contributed by atoms with E-state index in [2.05, 4.69) is 15.5 Å². The van der Waals surface area contributed by atoms with Crippen molar-refractivity contribution >= 4 is 23.2 Å². The molecular weight excluding hydrogens is 314 g/mol. The van der Waals surface area contributed by atoms with Crippen molar-refractivity contribution < 1.29 is 22.4 Å². The number of carbonyl (C=O) groups is 1. The molecule has 0 saturated carbocycles. The monoisotopic (exact) mass is 319 g/mol. The van der Waals surface area contributed by atoms with Crippen molar-refractivity contribution in [1.82, 2.24) is 10.2 Å². The molecule has 21 heavy (non-hydrogen) atoms. The molecule has 0 aliphatic heterocycles. The van der Waals surface area contributed by atoms with Gasteiger partial charge in [-0.15, -0.1) is 10.2 Å². The van der Waals surface area contributed by atoms with E-state index in [1.807, 2.05) is 0 Å². The number of benzene rings is 1. The van der Waals surface area contributed by atoms with Crippen LogP contribution in [-0.2, 0) is 6.18 Å². The van der Waals surface area contributed by atoms with Gasteiger partial charge in [-0.25, -0.2) is 4.39 Å². The van der Waals surface area contributed by atoms with E-state index in [0.29, 0.717) is 12.1 Å². The standard InChI is InChI=1S/C12H6ClF4N3O/c13-10-4-3-9(19-20-10)11(21)18-6-1-2-8(14)7(5-6)12(15,16)17/h1-5H,(H,18,21). The van der Waals surface area contributed by atoms with Crippen molar-refractivity contribution in [1.29, 1.82) is 0 Å². The number of nitrogens with one attached hydrogen (secondary N) is 1. The molecule has 0 bridgehead atoms. The van der Waals surface area contributed by atoms with Gasteiger partial charge in [0.1, 0.15) is 5.82 Å². The van der Waals surface area contributed by atoms with Gasteiger partial charge in [-0.1, -0.05) is 11.6 Å². The first-order valence-corrected chi connectivity index (χ1v) is 5.82. The smallest absolute Gasteiger partial charge is 0.321 e. The van der Waals surface area contributed by atoms with Crippen LogP contribution in [0.3, 0.4) is 0 Å². The van der Waals surface area contributed by atoms with Crippen LogP contribution in [0.25, 0.3) is 0 Å². The summed E-state index contributed by atoms with van der Waals surface area (Å²) in [7, 11) is 0. The third kappa shape index (κ3) is 3.66.